The number of carbonyl (C=O) groups is 2. The molecule has 0 radical (unpaired) electrons. The SMILES string of the molecule is COC(=O)C[C@@H](C)/C=C/[C@@H](O)[C@@H]1O[C@@H]2C[C@@H]1OC(=O)[C@@H]1O[C@H](C[C@H]1C)[C@@H]1OC(C)(C)O[C@@H]1/C=C\C=C(/Cl)[C@H]2O. The second kappa shape index (κ2) is 12.4. The molecule has 0 aromatic heterocycles. The van der Waals surface area contributed by atoms with Crippen LogP contribution in [0.25, 0.3) is 0 Å². The summed E-state index contributed by atoms with van der Waals surface area (Å²) in [5.74, 6) is -2.14. The fourth-order valence-corrected chi connectivity index (χ4v) is 5.74. The van der Waals surface area contributed by atoms with Gasteiger partial charge in [0, 0.05) is 11.5 Å². The van der Waals surface area contributed by atoms with Crippen LogP contribution in [-0.4, -0.2) is 90.0 Å². The molecule has 0 aromatic carbocycles. The van der Waals surface area contributed by atoms with E-state index in [-0.39, 0.29) is 35.7 Å². The van der Waals surface area contributed by atoms with E-state index in [0.717, 1.165) is 0 Å². The average Bonchev–Trinajstić information content (AvgIpc) is 3.55. The Hall–Kier alpha value is -1.79. The molecule has 11 atom stereocenters. The van der Waals surface area contributed by atoms with Crippen molar-refractivity contribution in [1.82, 2.24) is 0 Å². The third-order valence-electron chi connectivity index (χ3n) is 7.52. The topological polar surface area (TPSA) is 130 Å². The van der Waals surface area contributed by atoms with Crippen LogP contribution in [0.3, 0.4) is 0 Å². The van der Waals surface area contributed by atoms with Crippen LogP contribution in [0.5, 0.6) is 0 Å². The van der Waals surface area contributed by atoms with E-state index in [4.69, 9.17) is 35.3 Å². The highest BCUT2D eigenvalue weighted by Crippen LogP contribution is 2.39. The number of ether oxygens (including phenoxy) is 6. The van der Waals surface area contributed by atoms with Gasteiger partial charge in [0.05, 0.1) is 25.7 Å². The van der Waals surface area contributed by atoms with Crippen molar-refractivity contribution in [3.05, 3.63) is 35.4 Å². The van der Waals surface area contributed by atoms with E-state index in [0.29, 0.717) is 6.42 Å². The molecule has 4 rings (SSSR count). The predicted octanol–water partition coefficient (Wildman–Crippen LogP) is 2.54. The standard InChI is InChI=1S/C28H39ClO10/c1-14(11-22(31)34-5)9-10-17(30)25-21-13-19(35-25)23(32)16(29)7-6-8-18-26(39-28(3,4)38-18)20-12-15(2)24(36-20)27(33)37-21/h6-10,14-15,17-21,23-26,30,32H,11-13H2,1-5H3/b8-6-,10-9+,16-7-/t14-,15+,17+,18+,19+,20+,21-,23+,24+,25-,26+/m0/s1. The second-order valence-electron chi connectivity index (χ2n) is 11.2. The minimum absolute atomic E-state index is 0.115. The number of aliphatic hydroxyl groups excluding tert-OH is 2. The molecule has 3 saturated heterocycles. The highest BCUT2D eigenvalue weighted by molar-refractivity contribution is 6.30. The first-order valence-corrected chi connectivity index (χ1v) is 13.8. The Kier molecular flexibility index (Phi) is 9.58. The van der Waals surface area contributed by atoms with Crippen molar-refractivity contribution in [3.8, 4) is 0 Å². The number of hydrogen-bond acceptors (Lipinski definition) is 10. The van der Waals surface area contributed by atoms with Gasteiger partial charge in [0.25, 0.3) is 0 Å². The molecule has 0 unspecified atom stereocenters. The summed E-state index contributed by atoms with van der Waals surface area (Å²) >= 11 is 6.42. The highest BCUT2D eigenvalue weighted by Gasteiger charge is 2.51. The quantitative estimate of drug-likeness (QED) is 0.375. The van der Waals surface area contributed by atoms with Crippen molar-refractivity contribution >= 4 is 23.5 Å². The maximum absolute atomic E-state index is 13.3. The van der Waals surface area contributed by atoms with Crippen LogP contribution in [0.4, 0.5) is 0 Å². The number of hydrogen-bond donors (Lipinski definition) is 2. The minimum atomic E-state index is -1.22. The number of rotatable bonds is 5. The van der Waals surface area contributed by atoms with Crippen LogP contribution in [0, 0.1) is 11.8 Å². The van der Waals surface area contributed by atoms with E-state index in [2.05, 4.69) is 4.74 Å². The van der Waals surface area contributed by atoms with Crippen molar-refractivity contribution in [2.24, 2.45) is 11.8 Å². The summed E-state index contributed by atoms with van der Waals surface area (Å²) in [5, 5.41) is 22.0. The zero-order chi connectivity index (χ0) is 28.5. The number of fused-ring (bicyclic) bond motifs is 6. The summed E-state index contributed by atoms with van der Waals surface area (Å²) in [4.78, 5) is 24.9. The van der Waals surface area contributed by atoms with Crippen molar-refractivity contribution in [2.45, 2.75) is 108 Å². The molecule has 39 heavy (non-hydrogen) atoms. The molecule has 0 aliphatic carbocycles. The Morgan fingerprint density at radius 3 is 2.67 bits per heavy atom. The van der Waals surface area contributed by atoms with Crippen LogP contribution in [0.2, 0.25) is 0 Å². The first-order chi connectivity index (χ1) is 18.4. The Labute approximate surface area is 233 Å². The second-order valence-corrected chi connectivity index (χ2v) is 11.7. The molecular weight excluding hydrogens is 532 g/mol. The molecule has 0 amide bonds. The first kappa shape index (κ1) is 30.2. The number of allylic oxidation sites excluding steroid dienone is 3. The maximum atomic E-state index is 13.3. The molecule has 4 aliphatic rings. The van der Waals surface area contributed by atoms with E-state index in [1.165, 1.54) is 13.2 Å². The highest BCUT2D eigenvalue weighted by atomic mass is 35.5. The zero-order valence-corrected chi connectivity index (χ0v) is 23.7. The molecular formula is C28H39ClO10. The van der Waals surface area contributed by atoms with E-state index in [9.17, 15) is 19.8 Å². The van der Waals surface area contributed by atoms with Crippen LogP contribution >= 0.6 is 11.6 Å². The first-order valence-electron chi connectivity index (χ1n) is 13.4. The number of halogens is 1. The third kappa shape index (κ3) is 7.11. The van der Waals surface area contributed by atoms with Crippen LogP contribution in [0.15, 0.2) is 35.4 Å². The molecule has 3 fully saturated rings. The lowest BCUT2D eigenvalue weighted by atomic mass is 9.97. The molecule has 0 saturated carbocycles. The van der Waals surface area contributed by atoms with Crippen molar-refractivity contribution in [2.75, 3.05) is 7.11 Å². The summed E-state index contributed by atoms with van der Waals surface area (Å²) in [7, 11) is 1.31. The number of methoxy groups -OCH3 is 1. The smallest absolute Gasteiger partial charge is 0.335 e. The molecule has 11 heteroatoms. The lowest BCUT2D eigenvalue weighted by molar-refractivity contribution is -0.175. The number of esters is 2. The van der Waals surface area contributed by atoms with Crippen LogP contribution in [-0.2, 0) is 38.0 Å². The molecule has 2 N–H and O–H groups in total. The summed E-state index contributed by atoms with van der Waals surface area (Å²) < 4.78 is 34.9. The van der Waals surface area contributed by atoms with Gasteiger partial charge in [0.15, 0.2) is 11.9 Å². The van der Waals surface area contributed by atoms with Gasteiger partial charge in [-0.15, -0.1) is 0 Å². The monoisotopic (exact) mass is 570 g/mol. The molecule has 0 spiro atoms. The van der Waals surface area contributed by atoms with Gasteiger partial charge in [0.2, 0.25) is 0 Å². The molecule has 0 aromatic rings. The normalized spacial score (nSPS) is 42.0. The van der Waals surface area contributed by atoms with Gasteiger partial charge in [-0.1, -0.05) is 49.8 Å². The van der Waals surface area contributed by atoms with E-state index >= 15 is 0 Å². The molecule has 10 nitrogen and oxygen atoms in total. The number of aliphatic hydroxyl groups is 2. The molecule has 4 aliphatic heterocycles. The third-order valence-corrected chi connectivity index (χ3v) is 7.87. The van der Waals surface area contributed by atoms with Gasteiger partial charge in [-0.3, -0.25) is 4.79 Å². The largest absolute Gasteiger partial charge is 0.469 e. The van der Waals surface area contributed by atoms with Gasteiger partial charge < -0.3 is 38.6 Å². The zero-order valence-electron chi connectivity index (χ0n) is 22.9. The van der Waals surface area contributed by atoms with Crippen molar-refractivity contribution < 1.29 is 48.2 Å². The Balaban J connectivity index is 1.57. The van der Waals surface area contributed by atoms with Gasteiger partial charge >= 0.3 is 11.9 Å². The average molecular weight is 571 g/mol. The van der Waals surface area contributed by atoms with Crippen molar-refractivity contribution in [3.63, 3.8) is 0 Å². The summed E-state index contributed by atoms with van der Waals surface area (Å²) in [5.41, 5.74) is 0. The molecule has 4 bridgehead atoms. The van der Waals surface area contributed by atoms with Crippen LogP contribution in [0.1, 0.15) is 47.0 Å². The van der Waals surface area contributed by atoms with Gasteiger partial charge in [-0.2, -0.15) is 0 Å². The lowest BCUT2D eigenvalue weighted by Gasteiger charge is -2.25. The maximum Gasteiger partial charge on any atom is 0.335 e. The van der Waals surface area contributed by atoms with Crippen molar-refractivity contribution in [1.29, 1.82) is 0 Å². The lowest BCUT2D eigenvalue weighted by Crippen LogP contribution is -2.40. The fourth-order valence-electron chi connectivity index (χ4n) is 5.52. The fraction of sp³-hybridized carbons (Fsp3) is 0.714. The predicted molar refractivity (Wildman–Crippen MR) is 139 cm³/mol. The Bertz CT molecular complexity index is 993. The minimum Gasteiger partial charge on any atom is -0.469 e. The Morgan fingerprint density at radius 1 is 1.21 bits per heavy atom. The van der Waals surface area contributed by atoms with Gasteiger partial charge in [-0.05, 0) is 38.2 Å². The molecule has 4 heterocycles. The number of carbonyl (C=O) groups excluding carboxylic acids is 2. The summed E-state index contributed by atoms with van der Waals surface area (Å²) in [6.07, 6.45) is 1.82. The van der Waals surface area contributed by atoms with E-state index < -0.39 is 66.7 Å². The van der Waals surface area contributed by atoms with Gasteiger partial charge in [0.1, 0.15) is 36.6 Å². The summed E-state index contributed by atoms with van der Waals surface area (Å²) in [6.45, 7) is 7.35. The van der Waals surface area contributed by atoms with Gasteiger partial charge in [-0.25, -0.2) is 4.79 Å². The van der Waals surface area contributed by atoms with E-state index in [1.807, 2.05) is 27.7 Å². The molecule has 218 valence electrons. The van der Waals surface area contributed by atoms with Crippen LogP contribution < -0.4 is 0 Å². The Morgan fingerprint density at radius 2 is 1.95 bits per heavy atom. The summed E-state index contributed by atoms with van der Waals surface area (Å²) in [6, 6.07) is 0. The van der Waals surface area contributed by atoms with E-state index in [1.54, 1.807) is 24.3 Å².